The van der Waals surface area contributed by atoms with Gasteiger partial charge in [0.05, 0.1) is 37.1 Å². The van der Waals surface area contributed by atoms with Crippen LogP contribution < -0.4 is 0 Å². The van der Waals surface area contributed by atoms with E-state index in [1.807, 2.05) is 29.8 Å². The first kappa shape index (κ1) is 17.5. The average Bonchev–Trinajstić information content (AvgIpc) is 3.21. The Balaban J connectivity index is 1.53. The van der Waals surface area contributed by atoms with Crippen LogP contribution in [0.3, 0.4) is 0 Å². The molecule has 2 saturated heterocycles. The minimum atomic E-state index is -1.02. The summed E-state index contributed by atoms with van der Waals surface area (Å²) in [5, 5.41) is 11.1. The molecule has 0 unspecified atom stereocenters. The predicted octanol–water partition coefficient (Wildman–Crippen LogP) is 0.873. The third-order valence-electron chi connectivity index (χ3n) is 5.34. The fourth-order valence-electron chi connectivity index (χ4n) is 3.99. The molecule has 0 spiro atoms. The number of ether oxygens (including phenoxy) is 1. The summed E-state index contributed by atoms with van der Waals surface area (Å²) in [4.78, 5) is 21.3. The van der Waals surface area contributed by atoms with Crippen molar-refractivity contribution in [2.45, 2.75) is 18.4 Å². The van der Waals surface area contributed by atoms with Crippen LogP contribution in [0.15, 0.2) is 24.5 Å². The molecule has 0 bridgehead atoms. The zero-order chi connectivity index (χ0) is 18.1. The zero-order valence-corrected chi connectivity index (χ0v) is 15.2. The molecule has 0 saturated carbocycles. The third kappa shape index (κ3) is 3.47. The van der Waals surface area contributed by atoms with Crippen LogP contribution in [0.5, 0.6) is 0 Å². The SMILES string of the molecule is Cn1cnc2cc(C(=O)N3CCOC[C@](O)(CN4CCCC4)C3)ccc21. The average molecular weight is 358 g/mol. The van der Waals surface area contributed by atoms with Crippen molar-refractivity contribution in [3.8, 4) is 0 Å². The second-order valence-electron chi connectivity index (χ2n) is 7.55. The number of likely N-dealkylation sites (tertiary alicyclic amines) is 1. The van der Waals surface area contributed by atoms with Crippen molar-refractivity contribution in [2.24, 2.45) is 7.05 Å². The summed E-state index contributed by atoms with van der Waals surface area (Å²) in [5.74, 6) is -0.0806. The Labute approximate surface area is 153 Å². The molecule has 2 fully saturated rings. The van der Waals surface area contributed by atoms with Gasteiger partial charge in [-0.15, -0.1) is 0 Å². The summed E-state index contributed by atoms with van der Waals surface area (Å²) in [6.07, 6.45) is 4.08. The van der Waals surface area contributed by atoms with Gasteiger partial charge in [-0.1, -0.05) is 0 Å². The number of benzene rings is 1. The number of carbonyl (C=O) groups excluding carboxylic acids is 1. The summed E-state index contributed by atoms with van der Waals surface area (Å²) >= 11 is 0. The maximum atomic E-state index is 13.0. The van der Waals surface area contributed by atoms with Gasteiger partial charge in [0, 0.05) is 25.7 Å². The van der Waals surface area contributed by atoms with E-state index in [4.69, 9.17) is 4.74 Å². The van der Waals surface area contributed by atoms with Crippen LogP contribution in [-0.2, 0) is 11.8 Å². The number of aliphatic hydroxyl groups is 1. The van der Waals surface area contributed by atoms with Crippen LogP contribution >= 0.6 is 0 Å². The molecule has 1 atom stereocenters. The van der Waals surface area contributed by atoms with Crippen molar-refractivity contribution >= 4 is 16.9 Å². The van der Waals surface area contributed by atoms with Crippen LogP contribution in [0.4, 0.5) is 0 Å². The van der Waals surface area contributed by atoms with Crippen LogP contribution in [0.2, 0.25) is 0 Å². The second-order valence-corrected chi connectivity index (χ2v) is 7.55. The predicted molar refractivity (Wildman–Crippen MR) is 98.1 cm³/mol. The smallest absolute Gasteiger partial charge is 0.254 e. The Hall–Kier alpha value is -1.96. The maximum absolute atomic E-state index is 13.0. The first-order valence-electron chi connectivity index (χ1n) is 9.27. The third-order valence-corrected chi connectivity index (χ3v) is 5.34. The number of amides is 1. The number of aryl methyl sites for hydroxylation is 1. The summed E-state index contributed by atoms with van der Waals surface area (Å²) < 4.78 is 7.55. The van der Waals surface area contributed by atoms with E-state index in [0.29, 0.717) is 31.8 Å². The number of hydrogen-bond acceptors (Lipinski definition) is 5. The van der Waals surface area contributed by atoms with Crippen LogP contribution in [0, 0.1) is 0 Å². The molecule has 0 aliphatic carbocycles. The zero-order valence-electron chi connectivity index (χ0n) is 15.2. The van der Waals surface area contributed by atoms with Crippen molar-refractivity contribution in [3.63, 3.8) is 0 Å². The van der Waals surface area contributed by atoms with E-state index in [2.05, 4.69) is 9.88 Å². The molecule has 2 aliphatic heterocycles. The molecule has 3 heterocycles. The van der Waals surface area contributed by atoms with Gasteiger partial charge in [0.1, 0.15) is 5.60 Å². The lowest BCUT2D eigenvalue weighted by Gasteiger charge is -2.34. The lowest BCUT2D eigenvalue weighted by molar-refractivity contribution is -0.0524. The number of nitrogens with zero attached hydrogens (tertiary/aromatic N) is 4. The highest BCUT2D eigenvalue weighted by Crippen LogP contribution is 2.21. The molecule has 1 N–H and O–H groups in total. The summed E-state index contributed by atoms with van der Waals surface area (Å²) in [6, 6.07) is 5.57. The molecular formula is C19H26N4O3. The fraction of sp³-hybridized carbons (Fsp3) is 0.579. The number of hydrogen-bond donors (Lipinski definition) is 1. The highest BCUT2D eigenvalue weighted by molar-refractivity contribution is 5.97. The van der Waals surface area contributed by atoms with Gasteiger partial charge < -0.3 is 24.2 Å². The number of aromatic nitrogens is 2. The van der Waals surface area contributed by atoms with Crippen molar-refractivity contribution in [3.05, 3.63) is 30.1 Å². The van der Waals surface area contributed by atoms with Crippen molar-refractivity contribution in [2.75, 3.05) is 45.9 Å². The lowest BCUT2D eigenvalue weighted by Crippen LogP contribution is -2.53. The Morgan fingerprint density at radius 3 is 2.92 bits per heavy atom. The maximum Gasteiger partial charge on any atom is 0.254 e. The highest BCUT2D eigenvalue weighted by atomic mass is 16.5. The molecular weight excluding hydrogens is 332 g/mol. The highest BCUT2D eigenvalue weighted by Gasteiger charge is 2.36. The minimum Gasteiger partial charge on any atom is -0.384 e. The van der Waals surface area contributed by atoms with Gasteiger partial charge in [-0.05, 0) is 44.1 Å². The van der Waals surface area contributed by atoms with E-state index in [1.165, 1.54) is 12.8 Å². The van der Waals surface area contributed by atoms with Gasteiger partial charge in [-0.25, -0.2) is 4.98 Å². The fourth-order valence-corrected chi connectivity index (χ4v) is 3.99. The number of fused-ring (bicyclic) bond motifs is 1. The standard InChI is InChI=1S/C19H26N4O3/c1-21-14-20-16-10-15(4-5-17(16)21)18(24)23-8-9-26-13-19(25,12-23)11-22-6-2-3-7-22/h4-5,10,14,25H,2-3,6-9,11-13H2,1H3/t19-/m0/s1. The topological polar surface area (TPSA) is 70.8 Å². The van der Waals surface area contributed by atoms with Crippen molar-refractivity contribution in [1.29, 1.82) is 0 Å². The number of carbonyl (C=O) groups is 1. The second kappa shape index (κ2) is 6.98. The Morgan fingerprint density at radius 2 is 2.12 bits per heavy atom. The van der Waals surface area contributed by atoms with Crippen LogP contribution in [0.1, 0.15) is 23.2 Å². The lowest BCUT2D eigenvalue weighted by atomic mass is 10.0. The number of imidazole rings is 1. The van der Waals surface area contributed by atoms with Gasteiger partial charge >= 0.3 is 0 Å². The van der Waals surface area contributed by atoms with Crippen molar-refractivity contribution in [1.82, 2.24) is 19.4 Å². The molecule has 0 radical (unpaired) electrons. The molecule has 4 rings (SSSR count). The van der Waals surface area contributed by atoms with E-state index < -0.39 is 5.60 Å². The quantitative estimate of drug-likeness (QED) is 0.882. The summed E-state index contributed by atoms with van der Waals surface area (Å²) in [5.41, 5.74) is 1.37. The number of β-amino-alcohol motifs (C(OH)–C–C–N with tert-alkyl or cyclic N) is 1. The molecule has 7 nitrogen and oxygen atoms in total. The van der Waals surface area contributed by atoms with Gasteiger partial charge in [0.2, 0.25) is 0 Å². The number of rotatable bonds is 3. The van der Waals surface area contributed by atoms with Crippen LogP contribution in [-0.4, -0.2) is 81.9 Å². The Kier molecular flexibility index (Phi) is 4.69. The van der Waals surface area contributed by atoms with E-state index in [-0.39, 0.29) is 12.5 Å². The van der Waals surface area contributed by atoms with Gasteiger partial charge in [-0.2, -0.15) is 0 Å². The first-order valence-corrected chi connectivity index (χ1v) is 9.27. The molecule has 7 heteroatoms. The van der Waals surface area contributed by atoms with E-state index in [9.17, 15) is 9.90 Å². The molecule has 26 heavy (non-hydrogen) atoms. The van der Waals surface area contributed by atoms with E-state index in [1.54, 1.807) is 11.2 Å². The van der Waals surface area contributed by atoms with E-state index >= 15 is 0 Å². The van der Waals surface area contributed by atoms with E-state index in [0.717, 1.165) is 24.1 Å². The normalized spacial score (nSPS) is 24.9. The monoisotopic (exact) mass is 358 g/mol. The Morgan fingerprint density at radius 1 is 1.31 bits per heavy atom. The molecule has 1 aromatic carbocycles. The molecule has 1 aromatic heterocycles. The molecule has 2 aliphatic rings. The molecule has 2 aromatic rings. The van der Waals surface area contributed by atoms with Crippen molar-refractivity contribution < 1.29 is 14.6 Å². The largest absolute Gasteiger partial charge is 0.384 e. The first-order chi connectivity index (χ1) is 12.5. The van der Waals surface area contributed by atoms with Gasteiger partial charge in [0.15, 0.2) is 0 Å². The molecule has 140 valence electrons. The summed E-state index contributed by atoms with van der Waals surface area (Å²) in [6.45, 7) is 4.06. The van der Waals surface area contributed by atoms with Crippen LogP contribution in [0.25, 0.3) is 11.0 Å². The van der Waals surface area contributed by atoms with Gasteiger partial charge in [-0.3, -0.25) is 4.79 Å². The molecule has 1 amide bonds. The van der Waals surface area contributed by atoms with Gasteiger partial charge in [0.25, 0.3) is 5.91 Å². The summed E-state index contributed by atoms with van der Waals surface area (Å²) in [7, 11) is 1.93. The Bertz CT molecular complexity index is 799. The minimum absolute atomic E-state index is 0.0806.